The van der Waals surface area contributed by atoms with Gasteiger partial charge >= 0.3 is 0 Å². The number of aromatic nitrogens is 2. The normalized spacial score (nSPS) is 16.9. The van der Waals surface area contributed by atoms with Crippen molar-refractivity contribution >= 4 is 90.5 Å². The minimum atomic E-state index is -4.41. The summed E-state index contributed by atoms with van der Waals surface area (Å²) >= 11 is 0. The van der Waals surface area contributed by atoms with Gasteiger partial charge in [-0.3, -0.25) is 18.2 Å². The SMILES string of the molecule is O=S(=O)(O)CCN1/C(=C/C=C2C=C(/C=C/c3n(CCS(=O)(=O)O)c4ccc5ccccc5c4[n+]3CCS(=O)(=O)O)CCC/2)N(CCS(=O)(=O)O)c2c1ccc1ccccc21. The molecule has 0 spiro atoms. The molecular formula is C40H43N4O12S4+. The van der Waals surface area contributed by atoms with Crippen LogP contribution in [-0.2, 0) is 53.6 Å². The Morgan fingerprint density at radius 1 is 0.600 bits per heavy atom. The van der Waals surface area contributed by atoms with E-state index in [1.165, 1.54) is 0 Å². The lowest BCUT2D eigenvalue weighted by molar-refractivity contribution is -0.668. The van der Waals surface area contributed by atoms with Gasteiger partial charge in [0.15, 0.2) is 11.0 Å². The van der Waals surface area contributed by atoms with Crippen molar-refractivity contribution in [2.24, 2.45) is 0 Å². The molecule has 2 heterocycles. The fourth-order valence-corrected chi connectivity index (χ4v) is 9.53. The number of nitrogens with zero attached hydrogens (tertiary/aromatic N) is 4. The predicted molar refractivity (Wildman–Crippen MR) is 231 cm³/mol. The summed E-state index contributed by atoms with van der Waals surface area (Å²) in [4.78, 5) is 3.39. The number of imidazole rings is 1. The summed E-state index contributed by atoms with van der Waals surface area (Å²) in [6.45, 7) is -0.660. The van der Waals surface area contributed by atoms with Gasteiger partial charge in [0.25, 0.3) is 46.3 Å². The van der Waals surface area contributed by atoms with Crippen LogP contribution in [-0.4, -0.2) is 92.6 Å². The van der Waals surface area contributed by atoms with Crippen molar-refractivity contribution in [2.75, 3.05) is 45.9 Å². The number of rotatable bonds is 15. The largest absolute Gasteiger partial charge is 0.325 e. The average Bonchev–Trinajstić information content (AvgIpc) is 3.66. The molecule has 7 rings (SSSR count). The van der Waals surface area contributed by atoms with Gasteiger partial charge in [0.05, 0.1) is 22.9 Å². The highest BCUT2D eigenvalue weighted by molar-refractivity contribution is 7.86. The van der Waals surface area contributed by atoms with Crippen LogP contribution in [0.2, 0.25) is 0 Å². The molecule has 16 nitrogen and oxygen atoms in total. The Kier molecular flexibility index (Phi) is 12.1. The van der Waals surface area contributed by atoms with E-state index in [0.717, 1.165) is 32.7 Å². The number of fused-ring (bicyclic) bond motifs is 6. The lowest BCUT2D eigenvalue weighted by Crippen LogP contribution is -2.40. The second-order valence-corrected chi connectivity index (χ2v) is 20.9. The lowest BCUT2D eigenvalue weighted by atomic mass is 9.94. The van der Waals surface area contributed by atoms with Crippen molar-refractivity contribution in [3.8, 4) is 0 Å². The number of benzene rings is 4. The molecule has 2 aliphatic rings. The summed E-state index contributed by atoms with van der Waals surface area (Å²) in [6.07, 6.45) is 11.1. The van der Waals surface area contributed by atoms with E-state index in [-0.39, 0.29) is 26.2 Å². The van der Waals surface area contributed by atoms with Crippen LogP contribution in [0.15, 0.2) is 114 Å². The monoisotopic (exact) mass is 899 g/mol. The molecule has 0 unspecified atom stereocenters. The molecule has 1 aromatic heterocycles. The van der Waals surface area contributed by atoms with Crippen molar-refractivity contribution in [2.45, 2.75) is 32.4 Å². The van der Waals surface area contributed by atoms with Crippen molar-refractivity contribution in [3.63, 3.8) is 0 Å². The van der Waals surface area contributed by atoms with Gasteiger partial charge in [-0.15, -0.1) is 0 Å². The van der Waals surface area contributed by atoms with Gasteiger partial charge in [0.2, 0.25) is 0 Å². The van der Waals surface area contributed by atoms with E-state index in [1.807, 2.05) is 78.9 Å². The van der Waals surface area contributed by atoms with E-state index in [1.54, 1.807) is 43.2 Å². The van der Waals surface area contributed by atoms with Gasteiger partial charge < -0.3 is 9.80 Å². The van der Waals surface area contributed by atoms with Crippen molar-refractivity contribution < 1.29 is 56.4 Å². The number of aryl methyl sites for hydroxylation is 2. The molecule has 0 radical (unpaired) electrons. The summed E-state index contributed by atoms with van der Waals surface area (Å²) in [7, 11) is -17.6. The molecule has 0 atom stereocenters. The Balaban J connectivity index is 1.32. The Labute approximate surface area is 348 Å². The minimum absolute atomic E-state index is 0.163. The molecule has 4 aromatic carbocycles. The second-order valence-electron chi connectivity index (χ2n) is 14.6. The number of hydrogen-bond acceptors (Lipinski definition) is 10. The van der Waals surface area contributed by atoms with Crippen molar-refractivity contribution in [3.05, 3.63) is 120 Å². The van der Waals surface area contributed by atoms with E-state index in [9.17, 15) is 51.9 Å². The van der Waals surface area contributed by atoms with Crippen molar-refractivity contribution in [1.82, 2.24) is 4.57 Å². The van der Waals surface area contributed by atoms with Gasteiger partial charge in [0, 0.05) is 29.9 Å². The zero-order chi connectivity index (χ0) is 43.0. The highest BCUT2D eigenvalue weighted by atomic mass is 32.2. The maximum Gasteiger partial charge on any atom is 0.282 e. The van der Waals surface area contributed by atoms with Gasteiger partial charge in [-0.25, -0.2) is 9.13 Å². The maximum atomic E-state index is 12.0. The van der Waals surface area contributed by atoms with Crippen LogP contribution in [0.25, 0.3) is 38.7 Å². The molecule has 20 heteroatoms. The highest BCUT2D eigenvalue weighted by Gasteiger charge is 2.34. The molecule has 5 aromatic rings. The molecule has 1 aliphatic heterocycles. The molecular weight excluding hydrogens is 857 g/mol. The van der Waals surface area contributed by atoms with Gasteiger partial charge in [-0.05, 0) is 71.5 Å². The van der Waals surface area contributed by atoms with E-state index in [2.05, 4.69) is 0 Å². The summed E-state index contributed by atoms with van der Waals surface area (Å²) < 4.78 is 138. The van der Waals surface area contributed by atoms with Crippen LogP contribution in [0, 0.1) is 0 Å². The molecule has 0 saturated carbocycles. The fraction of sp³-hybridized carbons (Fsp3) is 0.275. The second kappa shape index (κ2) is 16.8. The van der Waals surface area contributed by atoms with Gasteiger partial charge in [-0.2, -0.15) is 33.7 Å². The quantitative estimate of drug-likeness (QED) is 0.0800. The summed E-state index contributed by atoms with van der Waals surface area (Å²) in [5.74, 6) is -1.62. The summed E-state index contributed by atoms with van der Waals surface area (Å²) in [5.41, 5.74) is 4.10. The Bertz CT molecular complexity index is 3100. The topological polar surface area (TPSA) is 233 Å². The van der Waals surface area contributed by atoms with Crippen LogP contribution in [0.1, 0.15) is 25.1 Å². The maximum absolute atomic E-state index is 12.0. The Morgan fingerprint density at radius 3 is 1.85 bits per heavy atom. The molecule has 0 bridgehead atoms. The first-order valence-electron chi connectivity index (χ1n) is 18.9. The van der Waals surface area contributed by atoms with E-state index in [4.69, 9.17) is 0 Å². The third kappa shape index (κ3) is 10.1. The molecule has 318 valence electrons. The minimum Gasteiger partial charge on any atom is -0.325 e. The van der Waals surface area contributed by atoms with E-state index < -0.39 is 63.5 Å². The molecule has 0 amide bonds. The zero-order valence-electron chi connectivity index (χ0n) is 32.1. The third-order valence-corrected chi connectivity index (χ3v) is 13.3. The number of allylic oxidation sites excluding steroid dienone is 6. The van der Waals surface area contributed by atoms with Crippen LogP contribution in [0.4, 0.5) is 11.4 Å². The van der Waals surface area contributed by atoms with Gasteiger partial charge in [-0.1, -0.05) is 66.8 Å². The molecule has 60 heavy (non-hydrogen) atoms. The number of hydrogen-bond donors (Lipinski definition) is 4. The summed E-state index contributed by atoms with van der Waals surface area (Å²) in [6, 6.07) is 22.1. The zero-order valence-corrected chi connectivity index (χ0v) is 35.3. The van der Waals surface area contributed by atoms with Crippen molar-refractivity contribution in [1.29, 1.82) is 0 Å². The number of anilines is 2. The fourth-order valence-electron chi connectivity index (χ4n) is 7.87. The first-order chi connectivity index (χ1) is 28.2. The Morgan fingerprint density at radius 2 is 1.18 bits per heavy atom. The first kappa shape index (κ1) is 43.2. The Hall–Kier alpha value is -4.93. The van der Waals surface area contributed by atoms with Crippen LogP contribution in [0.3, 0.4) is 0 Å². The third-order valence-electron chi connectivity index (χ3n) is 10.5. The smallest absolute Gasteiger partial charge is 0.282 e. The molecule has 1 aliphatic carbocycles. The van der Waals surface area contributed by atoms with Crippen LogP contribution < -0.4 is 14.4 Å². The van der Waals surface area contributed by atoms with Crippen LogP contribution in [0.5, 0.6) is 0 Å². The predicted octanol–water partition coefficient (Wildman–Crippen LogP) is 5.00. The van der Waals surface area contributed by atoms with Crippen LogP contribution >= 0.6 is 0 Å². The van der Waals surface area contributed by atoms with E-state index >= 15 is 0 Å². The standard InChI is InChI=1S/C40H42N4O12S4/c45-57(46,47)24-20-41-35-16-14-31-8-1-3-10-33(31)39(35)43(22-26-59(51,52)53)37(41)18-12-29-6-5-7-30(28-29)13-19-38-42(21-25-58(48,49)50)36-17-15-32-9-2-4-11-34(32)40(36)44(38)23-27-60(54,55)56/h1-4,8-19,28H,5-7,20-27H2,(H3-,45,46,47,48,49,50,51,52,53,54,55,56)/p+1. The molecule has 4 N–H and O–H groups in total. The molecule has 0 fully saturated rings. The lowest BCUT2D eigenvalue weighted by Gasteiger charge is -2.25. The summed E-state index contributed by atoms with van der Waals surface area (Å²) in [5, 5.41) is 3.22. The first-order valence-corrected chi connectivity index (χ1v) is 25.3. The average molecular weight is 900 g/mol. The van der Waals surface area contributed by atoms with E-state index in [0.29, 0.717) is 53.3 Å². The molecule has 0 saturated heterocycles. The highest BCUT2D eigenvalue weighted by Crippen LogP contribution is 2.46. The van der Waals surface area contributed by atoms with Gasteiger partial charge in [0.1, 0.15) is 30.4 Å².